The van der Waals surface area contributed by atoms with Gasteiger partial charge >= 0.3 is 0 Å². The highest BCUT2D eigenvalue weighted by Crippen LogP contribution is 2.30. The van der Waals surface area contributed by atoms with Crippen LogP contribution < -0.4 is 5.14 Å². The van der Waals surface area contributed by atoms with Gasteiger partial charge in [0, 0.05) is 0 Å². The van der Waals surface area contributed by atoms with Crippen molar-refractivity contribution in [2.75, 3.05) is 0 Å². The van der Waals surface area contributed by atoms with Crippen LogP contribution in [-0.4, -0.2) is 8.42 Å². The molecule has 0 spiro atoms. The summed E-state index contributed by atoms with van der Waals surface area (Å²) < 4.78 is 23.1. The molecule has 2 N–H and O–H groups in total. The lowest BCUT2D eigenvalue weighted by Crippen LogP contribution is -2.16. The third-order valence-corrected chi connectivity index (χ3v) is 4.14. The molecule has 3 nitrogen and oxygen atoms in total. The molecule has 1 aromatic carbocycles. The zero-order chi connectivity index (χ0) is 13.2. The fourth-order valence-corrected chi connectivity index (χ4v) is 2.99. The van der Waals surface area contributed by atoms with Gasteiger partial charge in [-0.2, -0.15) is 0 Å². The molecule has 0 saturated carbocycles. The zero-order valence-corrected chi connectivity index (χ0v) is 11.2. The third-order valence-electron chi connectivity index (χ3n) is 3.14. The van der Waals surface area contributed by atoms with Crippen LogP contribution in [0.2, 0.25) is 0 Å². The van der Waals surface area contributed by atoms with Crippen LogP contribution in [-0.2, 0) is 16.4 Å². The van der Waals surface area contributed by atoms with Crippen LogP contribution in [0.1, 0.15) is 30.9 Å². The van der Waals surface area contributed by atoms with E-state index in [9.17, 15) is 8.42 Å². The van der Waals surface area contributed by atoms with E-state index in [0.717, 1.165) is 24.0 Å². The van der Waals surface area contributed by atoms with Crippen LogP contribution >= 0.6 is 0 Å². The van der Waals surface area contributed by atoms with E-state index < -0.39 is 10.0 Å². The Kier molecular flexibility index (Phi) is 3.68. The van der Waals surface area contributed by atoms with Gasteiger partial charge in [-0.05, 0) is 42.0 Å². The second-order valence-corrected chi connectivity index (χ2v) is 5.91. The number of primary sulfonamides is 1. The Labute approximate surface area is 108 Å². The molecule has 2 rings (SSSR count). The molecule has 1 aliphatic carbocycles. The standard InChI is InChI=1S/C14H17NO2S/c1-2-11-7-9-12(10-8-11)13-5-3-4-6-14(13)18(15,16)17/h4,6-10H,2-3,5H2,1H3,(H2,15,16,17). The van der Waals surface area contributed by atoms with Crippen LogP contribution in [0.25, 0.3) is 5.57 Å². The molecule has 0 radical (unpaired) electrons. The number of benzene rings is 1. The van der Waals surface area contributed by atoms with Crippen LogP contribution in [0.5, 0.6) is 0 Å². The lowest BCUT2D eigenvalue weighted by Gasteiger charge is -2.15. The number of allylic oxidation sites excluding steroid dienone is 3. The summed E-state index contributed by atoms with van der Waals surface area (Å²) in [6.45, 7) is 2.09. The fourth-order valence-electron chi connectivity index (χ4n) is 2.14. The van der Waals surface area contributed by atoms with Gasteiger partial charge in [0.05, 0.1) is 4.91 Å². The number of nitrogens with two attached hydrogens (primary N) is 1. The smallest absolute Gasteiger partial charge is 0.225 e. The Bertz CT molecular complexity index is 595. The summed E-state index contributed by atoms with van der Waals surface area (Å²) in [4.78, 5) is 0.248. The molecule has 18 heavy (non-hydrogen) atoms. The van der Waals surface area contributed by atoms with Gasteiger partial charge in [0.1, 0.15) is 0 Å². The molecule has 0 heterocycles. The summed E-state index contributed by atoms with van der Waals surface area (Å²) in [5.41, 5.74) is 3.01. The van der Waals surface area contributed by atoms with Crippen molar-refractivity contribution in [3.05, 3.63) is 52.4 Å². The normalized spacial score (nSPS) is 16.1. The second-order valence-electron chi connectivity index (χ2n) is 4.38. The Balaban J connectivity index is 2.51. The Morgan fingerprint density at radius 3 is 2.44 bits per heavy atom. The number of sulfonamides is 1. The number of hydrogen-bond donors (Lipinski definition) is 1. The quantitative estimate of drug-likeness (QED) is 0.911. The van der Waals surface area contributed by atoms with Crippen molar-refractivity contribution in [2.45, 2.75) is 26.2 Å². The summed E-state index contributed by atoms with van der Waals surface area (Å²) in [5.74, 6) is 0. The Morgan fingerprint density at radius 1 is 1.22 bits per heavy atom. The van der Waals surface area contributed by atoms with Crippen molar-refractivity contribution in [1.82, 2.24) is 0 Å². The van der Waals surface area contributed by atoms with Crippen LogP contribution in [0, 0.1) is 0 Å². The van der Waals surface area contributed by atoms with Gasteiger partial charge in [-0.25, -0.2) is 13.6 Å². The first-order valence-electron chi connectivity index (χ1n) is 6.04. The molecule has 0 unspecified atom stereocenters. The minimum absolute atomic E-state index is 0.248. The van der Waals surface area contributed by atoms with E-state index in [-0.39, 0.29) is 4.91 Å². The van der Waals surface area contributed by atoms with E-state index in [0.29, 0.717) is 6.42 Å². The first kappa shape index (κ1) is 13.1. The van der Waals surface area contributed by atoms with Crippen molar-refractivity contribution < 1.29 is 8.42 Å². The summed E-state index contributed by atoms with van der Waals surface area (Å²) in [6.07, 6.45) is 6.00. The highest BCUT2D eigenvalue weighted by molar-refractivity contribution is 7.93. The van der Waals surface area contributed by atoms with Crippen molar-refractivity contribution in [2.24, 2.45) is 5.14 Å². The molecule has 0 atom stereocenters. The van der Waals surface area contributed by atoms with Gasteiger partial charge in [-0.3, -0.25) is 0 Å². The average Bonchev–Trinajstić information content (AvgIpc) is 2.38. The molecule has 0 aromatic heterocycles. The summed E-state index contributed by atoms with van der Waals surface area (Å²) in [6, 6.07) is 8.00. The first-order chi connectivity index (χ1) is 8.52. The van der Waals surface area contributed by atoms with Crippen molar-refractivity contribution in [3.8, 4) is 0 Å². The third kappa shape index (κ3) is 2.71. The Hall–Kier alpha value is -1.39. The molecule has 0 bridgehead atoms. The number of hydrogen-bond acceptors (Lipinski definition) is 2. The van der Waals surface area contributed by atoms with Gasteiger partial charge in [0.25, 0.3) is 0 Å². The van der Waals surface area contributed by atoms with Crippen molar-refractivity contribution in [3.63, 3.8) is 0 Å². The van der Waals surface area contributed by atoms with E-state index in [1.165, 1.54) is 5.56 Å². The molecule has 0 saturated heterocycles. The Morgan fingerprint density at radius 2 is 1.89 bits per heavy atom. The molecular formula is C14H17NO2S. The minimum atomic E-state index is -3.65. The highest BCUT2D eigenvalue weighted by atomic mass is 32.2. The van der Waals surface area contributed by atoms with E-state index in [4.69, 9.17) is 5.14 Å². The van der Waals surface area contributed by atoms with Gasteiger partial charge in [-0.15, -0.1) is 0 Å². The summed E-state index contributed by atoms with van der Waals surface area (Å²) >= 11 is 0. The molecule has 1 aromatic rings. The topological polar surface area (TPSA) is 60.2 Å². The van der Waals surface area contributed by atoms with Crippen LogP contribution in [0.3, 0.4) is 0 Å². The minimum Gasteiger partial charge on any atom is -0.225 e. The molecule has 0 fully saturated rings. The lowest BCUT2D eigenvalue weighted by molar-refractivity contribution is 0.604. The predicted octanol–water partition coefficient (Wildman–Crippen LogP) is 2.60. The van der Waals surface area contributed by atoms with Crippen LogP contribution in [0.4, 0.5) is 0 Å². The number of rotatable bonds is 3. The maximum Gasteiger partial charge on any atom is 0.238 e. The van der Waals surface area contributed by atoms with Crippen molar-refractivity contribution in [1.29, 1.82) is 0 Å². The summed E-state index contributed by atoms with van der Waals surface area (Å²) in [7, 11) is -3.65. The van der Waals surface area contributed by atoms with E-state index in [1.54, 1.807) is 6.08 Å². The molecule has 0 amide bonds. The maximum atomic E-state index is 11.6. The molecular weight excluding hydrogens is 246 g/mol. The predicted molar refractivity (Wildman–Crippen MR) is 74.2 cm³/mol. The van der Waals surface area contributed by atoms with Gasteiger partial charge in [-0.1, -0.05) is 37.3 Å². The van der Waals surface area contributed by atoms with E-state index in [1.807, 2.05) is 30.3 Å². The molecule has 1 aliphatic rings. The van der Waals surface area contributed by atoms with Gasteiger partial charge < -0.3 is 0 Å². The largest absolute Gasteiger partial charge is 0.238 e. The highest BCUT2D eigenvalue weighted by Gasteiger charge is 2.18. The number of aryl methyl sites for hydroxylation is 1. The van der Waals surface area contributed by atoms with E-state index >= 15 is 0 Å². The van der Waals surface area contributed by atoms with Crippen LogP contribution in [0.15, 0.2) is 41.3 Å². The first-order valence-corrected chi connectivity index (χ1v) is 7.59. The SMILES string of the molecule is CCc1ccc(C2=C(S(N)(=O)=O)C=CCC2)cc1. The molecule has 96 valence electrons. The lowest BCUT2D eigenvalue weighted by atomic mass is 9.96. The fraction of sp³-hybridized carbons (Fsp3) is 0.286. The van der Waals surface area contributed by atoms with E-state index in [2.05, 4.69) is 6.92 Å². The monoisotopic (exact) mass is 263 g/mol. The van der Waals surface area contributed by atoms with Gasteiger partial charge in [0.2, 0.25) is 10.0 Å². The molecule has 4 heteroatoms. The zero-order valence-electron chi connectivity index (χ0n) is 10.4. The molecule has 0 aliphatic heterocycles. The van der Waals surface area contributed by atoms with Crippen molar-refractivity contribution >= 4 is 15.6 Å². The average molecular weight is 263 g/mol. The second kappa shape index (κ2) is 5.08. The maximum absolute atomic E-state index is 11.6. The summed E-state index contributed by atoms with van der Waals surface area (Å²) in [5, 5.41) is 5.26. The van der Waals surface area contributed by atoms with Gasteiger partial charge in [0.15, 0.2) is 0 Å².